The molecule has 2 aromatic rings. The van der Waals surface area contributed by atoms with Crippen molar-refractivity contribution in [3.63, 3.8) is 0 Å². The van der Waals surface area contributed by atoms with Crippen LogP contribution in [0.1, 0.15) is 48.5 Å². The fourth-order valence-corrected chi connectivity index (χ4v) is 1.94. The zero-order valence-electron chi connectivity index (χ0n) is 13.7. The molecule has 0 aliphatic carbocycles. The van der Waals surface area contributed by atoms with Gasteiger partial charge in [-0.05, 0) is 27.7 Å². The molecular weight excluding hydrogens is 298 g/mol. The third kappa shape index (κ3) is 3.97. The molecule has 124 valence electrons. The van der Waals surface area contributed by atoms with E-state index in [1.807, 2.05) is 13.8 Å². The van der Waals surface area contributed by atoms with Crippen LogP contribution in [0.15, 0.2) is 18.6 Å². The first-order valence-electron chi connectivity index (χ1n) is 7.56. The van der Waals surface area contributed by atoms with E-state index in [1.54, 1.807) is 35.6 Å². The molecule has 1 amide bonds. The first kappa shape index (κ1) is 16.7. The van der Waals surface area contributed by atoms with Crippen molar-refractivity contribution in [1.29, 1.82) is 0 Å². The van der Waals surface area contributed by atoms with Crippen molar-refractivity contribution in [2.75, 3.05) is 5.32 Å². The number of carbonyl (C=O) groups excluding carboxylic acids is 2. The molecule has 2 rings (SSSR count). The van der Waals surface area contributed by atoms with Gasteiger partial charge in [-0.2, -0.15) is 10.2 Å². The van der Waals surface area contributed by atoms with Crippen LogP contribution in [0, 0.1) is 0 Å². The van der Waals surface area contributed by atoms with E-state index in [0.717, 1.165) is 0 Å². The fourth-order valence-electron chi connectivity index (χ4n) is 1.94. The summed E-state index contributed by atoms with van der Waals surface area (Å²) in [4.78, 5) is 24.4. The molecule has 0 spiro atoms. The van der Waals surface area contributed by atoms with Crippen LogP contribution in [0.4, 0.5) is 5.69 Å². The number of ether oxygens (including phenoxy) is 1. The third-order valence-corrected chi connectivity index (χ3v) is 3.09. The van der Waals surface area contributed by atoms with Crippen molar-refractivity contribution in [2.24, 2.45) is 0 Å². The van der Waals surface area contributed by atoms with Crippen LogP contribution in [0.25, 0.3) is 0 Å². The molecule has 2 heterocycles. The van der Waals surface area contributed by atoms with E-state index in [4.69, 9.17) is 4.74 Å². The Kier molecular flexibility index (Phi) is 5.15. The highest BCUT2D eigenvalue weighted by Crippen LogP contribution is 2.17. The summed E-state index contributed by atoms with van der Waals surface area (Å²) in [5.74, 6) is -0.911. The van der Waals surface area contributed by atoms with Gasteiger partial charge in [-0.3, -0.25) is 14.2 Å². The van der Waals surface area contributed by atoms with E-state index in [2.05, 4.69) is 15.5 Å². The summed E-state index contributed by atoms with van der Waals surface area (Å²) in [6, 6.07) is 0. The van der Waals surface area contributed by atoms with Gasteiger partial charge in [0, 0.05) is 25.5 Å². The molecule has 0 radical (unpaired) electrons. The number of esters is 1. The van der Waals surface area contributed by atoms with E-state index in [9.17, 15) is 9.59 Å². The Hall–Kier alpha value is -2.64. The van der Waals surface area contributed by atoms with Crippen LogP contribution < -0.4 is 5.32 Å². The molecule has 0 aliphatic heterocycles. The predicted octanol–water partition coefficient (Wildman–Crippen LogP) is 1.94. The zero-order chi connectivity index (χ0) is 17.0. The number of aryl methyl sites for hydroxylation is 2. The molecular formula is C15H21N5O3. The second-order valence-electron chi connectivity index (χ2n) is 5.24. The molecule has 8 heteroatoms. The first-order valence-corrected chi connectivity index (χ1v) is 7.56. The number of hydrogen-bond acceptors (Lipinski definition) is 5. The fraction of sp³-hybridized carbons (Fsp3) is 0.467. The molecule has 8 nitrogen and oxygen atoms in total. The summed E-state index contributed by atoms with van der Waals surface area (Å²) in [6.07, 6.45) is 4.47. The van der Waals surface area contributed by atoms with Crippen LogP contribution in [-0.2, 0) is 17.8 Å². The minimum Gasteiger partial charge on any atom is -0.458 e. The molecule has 23 heavy (non-hydrogen) atoms. The van der Waals surface area contributed by atoms with Crippen molar-refractivity contribution in [1.82, 2.24) is 19.6 Å². The maximum Gasteiger partial charge on any atom is 0.361 e. The minimum absolute atomic E-state index is 0.0942. The lowest BCUT2D eigenvalue weighted by Gasteiger charge is -2.07. The Morgan fingerprint density at radius 1 is 1.22 bits per heavy atom. The number of aromatic nitrogens is 4. The Balaban J connectivity index is 2.22. The SMILES string of the molecule is CCn1cc(C(=O)Nc2cn(CC)nc2C(=O)OC(C)C)cn1. The van der Waals surface area contributed by atoms with Gasteiger partial charge >= 0.3 is 5.97 Å². The smallest absolute Gasteiger partial charge is 0.361 e. The predicted molar refractivity (Wildman–Crippen MR) is 84.3 cm³/mol. The number of rotatable bonds is 6. The normalized spacial score (nSPS) is 10.8. The van der Waals surface area contributed by atoms with Gasteiger partial charge in [0.15, 0.2) is 5.69 Å². The van der Waals surface area contributed by atoms with Gasteiger partial charge in [0.05, 0.1) is 23.6 Å². The van der Waals surface area contributed by atoms with Crippen LogP contribution in [0.3, 0.4) is 0 Å². The molecule has 0 aromatic carbocycles. The minimum atomic E-state index is -0.563. The van der Waals surface area contributed by atoms with E-state index in [1.165, 1.54) is 6.20 Å². The highest BCUT2D eigenvalue weighted by Gasteiger charge is 2.21. The Morgan fingerprint density at radius 2 is 1.91 bits per heavy atom. The quantitative estimate of drug-likeness (QED) is 0.822. The van der Waals surface area contributed by atoms with Gasteiger partial charge in [-0.25, -0.2) is 4.79 Å². The molecule has 0 unspecified atom stereocenters. The molecule has 1 N–H and O–H groups in total. The molecule has 0 bridgehead atoms. The maximum atomic E-state index is 12.3. The summed E-state index contributed by atoms with van der Waals surface area (Å²) >= 11 is 0. The monoisotopic (exact) mass is 319 g/mol. The topological polar surface area (TPSA) is 91.0 Å². The number of carbonyl (C=O) groups is 2. The van der Waals surface area contributed by atoms with E-state index in [0.29, 0.717) is 24.3 Å². The van der Waals surface area contributed by atoms with Gasteiger partial charge in [0.25, 0.3) is 5.91 Å². The molecule has 0 aliphatic rings. The van der Waals surface area contributed by atoms with Crippen LogP contribution in [0.2, 0.25) is 0 Å². The number of nitrogens with one attached hydrogen (secondary N) is 1. The summed E-state index contributed by atoms with van der Waals surface area (Å²) in [7, 11) is 0. The summed E-state index contributed by atoms with van der Waals surface area (Å²) < 4.78 is 8.38. The van der Waals surface area contributed by atoms with Crippen molar-refractivity contribution < 1.29 is 14.3 Å². The molecule has 0 saturated heterocycles. The summed E-state index contributed by atoms with van der Waals surface area (Å²) in [5, 5.41) is 10.9. The third-order valence-electron chi connectivity index (χ3n) is 3.09. The number of hydrogen-bond donors (Lipinski definition) is 1. The number of anilines is 1. The number of nitrogens with zero attached hydrogens (tertiary/aromatic N) is 4. The average molecular weight is 319 g/mol. The van der Waals surface area contributed by atoms with E-state index < -0.39 is 5.97 Å². The molecule has 0 fully saturated rings. The maximum absolute atomic E-state index is 12.3. The highest BCUT2D eigenvalue weighted by molar-refractivity contribution is 6.07. The lowest BCUT2D eigenvalue weighted by molar-refractivity contribution is 0.0371. The summed E-state index contributed by atoms with van der Waals surface area (Å²) in [5.41, 5.74) is 0.836. The van der Waals surface area contributed by atoms with Gasteiger partial charge in [-0.1, -0.05) is 0 Å². The molecule has 0 atom stereocenters. The van der Waals surface area contributed by atoms with Crippen molar-refractivity contribution in [3.8, 4) is 0 Å². The molecule has 0 saturated carbocycles. The van der Waals surface area contributed by atoms with Crippen molar-refractivity contribution in [3.05, 3.63) is 29.8 Å². The largest absolute Gasteiger partial charge is 0.458 e. The van der Waals surface area contributed by atoms with Crippen molar-refractivity contribution >= 4 is 17.6 Å². The van der Waals surface area contributed by atoms with Crippen LogP contribution in [-0.4, -0.2) is 37.5 Å². The second kappa shape index (κ2) is 7.08. The zero-order valence-corrected chi connectivity index (χ0v) is 13.7. The van der Waals surface area contributed by atoms with Gasteiger partial charge in [0.2, 0.25) is 0 Å². The molecule has 2 aromatic heterocycles. The Morgan fingerprint density at radius 3 is 2.48 bits per heavy atom. The highest BCUT2D eigenvalue weighted by atomic mass is 16.5. The standard InChI is InChI=1S/C15H21N5O3/c1-5-19-8-11(7-16-19)14(21)17-12-9-20(6-2)18-13(12)15(22)23-10(3)4/h7-10H,5-6H2,1-4H3,(H,17,21). The van der Waals surface area contributed by atoms with Gasteiger partial charge in [-0.15, -0.1) is 0 Å². The van der Waals surface area contributed by atoms with Crippen molar-refractivity contribution in [2.45, 2.75) is 46.9 Å². The Labute approximate surface area is 134 Å². The van der Waals surface area contributed by atoms with Crippen LogP contribution in [0.5, 0.6) is 0 Å². The lowest BCUT2D eigenvalue weighted by Crippen LogP contribution is -2.17. The van der Waals surface area contributed by atoms with Crippen LogP contribution >= 0.6 is 0 Å². The van der Waals surface area contributed by atoms with Gasteiger partial charge < -0.3 is 10.1 Å². The number of amides is 1. The first-order chi connectivity index (χ1) is 10.9. The Bertz CT molecular complexity index is 702. The average Bonchev–Trinajstić information content (AvgIpc) is 3.12. The second-order valence-corrected chi connectivity index (χ2v) is 5.24. The lowest BCUT2D eigenvalue weighted by atomic mass is 10.3. The van der Waals surface area contributed by atoms with Gasteiger partial charge in [0.1, 0.15) is 0 Å². The van der Waals surface area contributed by atoms with E-state index >= 15 is 0 Å². The summed E-state index contributed by atoms with van der Waals surface area (Å²) in [6.45, 7) is 8.58. The van der Waals surface area contributed by atoms with E-state index in [-0.39, 0.29) is 17.7 Å².